The molecule has 1 aliphatic rings. The van der Waals surface area contributed by atoms with Gasteiger partial charge in [-0.1, -0.05) is 6.42 Å². The van der Waals surface area contributed by atoms with E-state index in [1.54, 1.807) is 0 Å². The third kappa shape index (κ3) is 5.42. The zero-order chi connectivity index (χ0) is 5.11. The SMILES string of the molecule is CN1C[CH-]CCC1.O.[U]. The Morgan fingerprint density at radius 2 is 2.11 bits per heavy atom. The standard InChI is InChI=1S/C6H12N.H2O.U/c1-7-5-3-2-4-6-7;;/h3H,2,4-6H2,1H3;1H2;/q-1;;. The fourth-order valence-electron chi connectivity index (χ4n) is 0.909. The van der Waals surface area contributed by atoms with E-state index in [9.17, 15) is 0 Å². The molecule has 0 saturated carbocycles. The summed E-state index contributed by atoms with van der Waals surface area (Å²) in [5.74, 6) is 0. The molecule has 0 amide bonds. The first-order chi connectivity index (χ1) is 3.39. The molecule has 1 saturated heterocycles. The molecule has 0 aromatic rings. The number of hydrogen-bond donors (Lipinski definition) is 0. The van der Waals surface area contributed by atoms with Gasteiger partial charge in [-0.2, -0.15) is 6.42 Å². The van der Waals surface area contributed by atoms with Crippen LogP contribution in [0.5, 0.6) is 0 Å². The van der Waals surface area contributed by atoms with Gasteiger partial charge in [0, 0.05) is 31.1 Å². The maximum atomic E-state index is 2.34. The summed E-state index contributed by atoms with van der Waals surface area (Å²) in [5.41, 5.74) is 0. The van der Waals surface area contributed by atoms with Crippen molar-refractivity contribution in [1.29, 1.82) is 0 Å². The van der Waals surface area contributed by atoms with Crippen LogP contribution in [-0.2, 0) is 0 Å². The molecule has 0 aliphatic carbocycles. The van der Waals surface area contributed by atoms with Gasteiger partial charge in [-0.3, -0.25) is 0 Å². The normalized spacial score (nSPS) is 19.7. The minimum atomic E-state index is 0. The van der Waals surface area contributed by atoms with Gasteiger partial charge >= 0.3 is 0 Å². The molecular formula is C6H14NOU-. The van der Waals surface area contributed by atoms with Crippen LogP contribution in [0.25, 0.3) is 0 Å². The van der Waals surface area contributed by atoms with Gasteiger partial charge in [-0.25, -0.2) is 0 Å². The number of hydrogen-bond acceptors (Lipinski definition) is 1. The van der Waals surface area contributed by atoms with Crippen molar-refractivity contribution in [3.05, 3.63) is 6.42 Å². The van der Waals surface area contributed by atoms with E-state index in [1.807, 2.05) is 0 Å². The maximum absolute atomic E-state index is 2.34. The molecule has 1 fully saturated rings. The van der Waals surface area contributed by atoms with Crippen molar-refractivity contribution in [3.63, 3.8) is 0 Å². The predicted octanol–water partition coefficient (Wildman–Crippen LogP) is 0.0916. The molecule has 0 radical (unpaired) electrons. The fraction of sp³-hybridized carbons (Fsp3) is 0.833. The number of piperidine rings is 1. The van der Waals surface area contributed by atoms with E-state index in [1.165, 1.54) is 25.9 Å². The van der Waals surface area contributed by atoms with Crippen molar-refractivity contribution in [2.75, 3.05) is 20.1 Å². The smallest absolute Gasteiger partial charge is 0 e. The molecule has 0 bridgehead atoms. The van der Waals surface area contributed by atoms with E-state index in [0.29, 0.717) is 0 Å². The monoisotopic (exact) mass is 354 g/mol. The van der Waals surface area contributed by atoms with Gasteiger partial charge < -0.3 is 16.8 Å². The first kappa shape index (κ1) is 12.6. The fourth-order valence-corrected chi connectivity index (χ4v) is 0.909. The summed E-state index contributed by atoms with van der Waals surface area (Å²) in [6, 6.07) is 0. The van der Waals surface area contributed by atoms with Crippen LogP contribution in [0.3, 0.4) is 0 Å². The zero-order valence-corrected chi connectivity index (χ0v) is 10.0. The van der Waals surface area contributed by atoms with Crippen LogP contribution in [0, 0.1) is 37.5 Å². The molecule has 0 atom stereocenters. The van der Waals surface area contributed by atoms with E-state index >= 15 is 0 Å². The van der Waals surface area contributed by atoms with Crippen molar-refractivity contribution < 1.29 is 36.6 Å². The Hall–Kier alpha value is 0.972. The van der Waals surface area contributed by atoms with Gasteiger partial charge in [0.15, 0.2) is 0 Å². The van der Waals surface area contributed by atoms with Gasteiger partial charge in [-0.15, -0.1) is 6.54 Å². The maximum Gasteiger partial charge on any atom is 0 e. The van der Waals surface area contributed by atoms with Crippen molar-refractivity contribution in [3.8, 4) is 0 Å². The van der Waals surface area contributed by atoms with Gasteiger partial charge in [0.05, 0.1) is 0 Å². The molecular weight excluding hydrogens is 340 g/mol. The molecule has 1 heterocycles. The van der Waals surface area contributed by atoms with E-state index in [0.717, 1.165) is 0 Å². The number of rotatable bonds is 0. The van der Waals surface area contributed by atoms with Crippen molar-refractivity contribution in [1.82, 2.24) is 4.90 Å². The Morgan fingerprint density at radius 1 is 1.44 bits per heavy atom. The van der Waals surface area contributed by atoms with Crippen LogP contribution in [0.15, 0.2) is 0 Å². The van der Waals surface area contributed by atoms with E-state index < -0.39 is 0 Å². The molecule has 0 aromatic heterocycles. The molecule has 2 nitrogen and oxygen atoms in total. The Bertz CT molecular complexity index is 55.0. The topological polar surface area (TPSA) is 34.7 Å². The molecule has 3 heteroatoms. The second-order valence-electron chi connectivity index (χ2n) is 2.19. The Balaban J connectivity index is 0. The van der Waals surface area contributed by atoms with Crippen LogP contribution in [0.2, 0.25) is 0 Å². The van der Waals surface area contributed by atoms with Gasteiger partial charge in [-0.05, 0) is 13.6 Å². The Kier molecular flexibility index (Phi) is 9.94. The summed E-state index contributed by atoms with van der Waals surface area (Å²) in [6.45, 7) is 2.48. The summed E-state index contributed by atoms with van der Waals surface area (Å²) in [5, 5.41) is 0. The summed E-state index contributed by atoms with van der Waals surface area (Å²) >= 11 is 0. The molecule has 0 spiro atoms. The molecule has 1 rings (SSSR count). The minimum Gasteiger partial charge on any atom is -0.412 e. The molecule has 2 N–H and O–H groups in total. The third-order valence-corrected chi connectivity index (χ3v) is 1.39. The summed E-state index contributed by atoms with van der Waals surface area (Å²) < 4.78 is 0. The first-order valence-electron chi connectivity index (χ1n) is 2.90. The average Bonchev–Trinajstić information content (AvgIpc) is 1.69. The first-order valence-corrected chi connectivity index (χ1v) is 2.90. The van der Waals surface area contributed by atoms with Crippen molar-refractivity contribution in [2.24, 2.45) is 0 Å². The van der Waals surface area contributed by atoms with Crippen LogP contribution in [0.4, 0.5) is 0 Å². The van der Waals surface area contributed by atoms with Crippen LogP contribution in [-0.4, -0.2) is 30.5 Å². The average molecular weight is 354 g/mol. The minimum absolute atomic E-state index is 0. The van der Waals surface area contributed by atoms with E-state index in [2.05, 4.69) is 18.4 Å². The third-order valence-electron chi connectivity index (χ3n) is 1.39. The van der Waals surface area contributed by atoms with E-state index in [4.69, 9.17) is 0 Å². The van der Waals surface area contributed by atoms with Crippen molar-refractivity contribution in [2.45, 2.75) is 12.8 Å². The molecule has 54 valence electrons. The molecule has 0 aromatic carbocycles. The Morgan fingerprint density at radius 3 is 2.33 bits per heavy atom. The number of likely N-dealkylation sites (tertiary alicyclic amines) is 1. The van der Waals surface area contributed by atoms with Gasteiger partial charge in [0.2, 0.25) is 0 Å². The Labute approximate surface area is 80.7 Å². The van der Waals surface area contributed by atoms with Crippen molar-refractivity contribution >= 4 is 0 Å². The number of nitrogens with zero attached hydrogens (tertiary/aromatic N) is 1. The molecule has 9 heavy (non-hydrogen) atoms. The zero-order valence-electron chi connectivity index (χ0n) is 5.85. The summed E-state index contributed by atoms with van der Waals surface area (Å²) in [7, 11) is 2.16. The quantitative estimate of drug-likeness (QED) is 0.568. The van der Waals surface area contributed by atoms with Crippen LogP contribution < -0.4 is 0 Å². The second-order valence-corrected chi connectivity index (χ2v) is 2.19. The van der Waals surface area contributed by atoms with E-state index in [-0.39, 0.29) is 36.6 Å². The largest absolute Gasteiger partial charge is 0.412 e. The molecule has 1 aliphatic heterocycles. The van der Waals surface area contributed by atoms with Crippen LogP contribution >= 0.6 is 0 Å². The summed E-state index contributed by atoms with van der Waals surface area (Å²) in [4.78, 5) is 2.34. The second kappa shape index (κ2) is 7.08. The summed E-state index contributed by atoms with van der Waals surface area (Å²) in [6.07, 6.45) is 5.02. The molecule has 0 unspecified atom stereocenters. The van der Waals surface area contributed by atoms with Gasteiger partial charge in [0.25, 0.3) is 0 Å². The van der Waals surface area contributed by atoms with Crippen LogP contribution in [0.1, 0.15) is 12.8 Å². The van der Waals surface area contributed by atoms with Gasteiger partial charge in [0.1, 0.15) is 0 Å². The predicted molar refractivity (Wildman–Crippen MR) is 34.6 cm³/mol.